The molecule has 10 nitrogen and oxygen atoms in total. The van der Waals surface area contributed by atoms with Crippen LogP contribution in [0.15, 0.2) is 381 Å². The number of benzene rings is 11. The van der Waals surface area contributed by atoms with E-state index in [1.54, 1.807) is 6.20 Å². The number of furan rings is 1. The van der Waals surface area contributed by atoms with E-state index in [0.717, 1.165) is 118 Å². The number of aromatic nitrogens is 7. The van der Waals surface area contributed by atoms with Crippen molar-refractivity contribution in [1.29, 1.82) is 0 Å². The summed E-state index contributed by atoms with van der Waals surface area (Å²) in [6, 6.07) is 132. The van der Waals surface area contributed by atoms with Crippen LogP contribution >= 0.6 is 0 Å². The first-order valence-corrected chi connectivity index (χ1v) is 44.4. The standard InChI is InChI=1S/C21H22N.2C18H14N.C17H10NO.3C12H10N.C11H20O2.4Ir/c1-14(2)10-17-6-5-7-21-19(17)8-9-20(22-21)18-12-15(3)11-16(4)13-18;1-14-12-18(16-10-6-3-7-11-16)19-13-17(14)15-8-4-2-5-9-15;1-14-7-9-15(10-8-14)17-11-12-19-18(13-17)16-5-3-2-4-6-16;1-2-7-16-13(5-1)14-11-12(8-9-17(14)19-16)15-6-3-4-10-18-15;1-10-7-8-13-12(9-10)11-5-3-2-4-6-11;2*1-10-7-8-12(13-9-10)11-5-3-2-4-6-11;1-8(2)5-10(12)7-11(13)6-9(3)4;;;;/h5-9,11-12,14H,10H2,1-4H3;2-10,12-13H,1H3;2-5,7-13H,1H3;1-7,9-11H;3*2-5,7-9H,1H3;7-9,12H,5-6H2,1-4H3;;;;/q7*-1;;;;;. The van der Waals surface area contributed by atoms with Gasteiger partial charge in [0.05, 0.1) is 16.9 Å². The fourth-order valence-electron chi connectivity index (χ4n) is 14.3. The van der Waals surface area contributed by atoms with Crippen molar-refractivity contribution in [3.05, 3.63) is 464 Å². The van der Waals surface area contributed by atoms with Crippen LogP contribution in [0.2, 0.25) is 0 Å². The van der Waals surface area contributed by atoms with Crippen molar-refractivity contribution >= 4 is 38.6 Å². The topological polar surface area (TPSA) is 141 Å². The minimum atomic E-state index is 0. The number of rotatable bonds is 16. The van der Waals surface area contributed by atoms with E-state index in [4.69, 9.17) is 9.40 Å². The van der Waals surface area contributed by atoms with Gasteiger partial charge >= 0.3 is 0 Å². The van der Waals surface area contributed by atoms with Crippen LogP contribution in [0.1, 0.15) is 98.9 Å². The third-order valence-corrected chi connectivity index (χ3v) is 20.7. The molecule has 0 aliphatic rings. The molecule has 0 atom stereocenters. The minimum absolute atomic E-state index is 0. The van der Waals surface area contributed by atoms with Gasteiger partial charge in [-0.1, -0.05) is 224 Å². The van der Waals surface area contributed by atoms with Crippen molar-refractivity contribution in [3.8, 4) is 101 Å². The Morgan fingerprint density at radius 2 is 0.844 bits per heavy atom. The summed E-state index contributed by atoms with van der Waals surface area (Å²) in [5.74, 6) is 1.63. The number of aliphatic hydroxyl groups excluding tert-OH is 1. The zero-order chi connectivity index (χ0) is 92.2. The number of pyridine rings is 7. The molecule has 8 heterocycles. The van der Waals surface area contributed by atoms with Crippen molar-refractivity contribution < 1.29 is 94.7 Å². The second kappa shape index (κ2) is 55.9. The van der Waals surface area contributed by atoms with Crippen LogP contribution in [0.5, 0.6) is 0 Å². The third kappa shape index (κ3) is 34.0. The van der Waals surface area contributed by atoms with Gasteiger partial charge in [0.2, 0.25) is 0 Å². The molecule has 0 saturated heterocycles. The summed E-state index contributed by atoms with van der Waals surface area (Å²) in [4.78, 5) is 42.3. The van der Waals surface area contributed by atoms with E-state index in [0.29, 0.717) is 30.6 Å². The monoisotopic (exact) mass is 2480 g/mol. The van der Waals surface area contributed by atoms with Crippen LogP contribution in [0.25, 0.3) is 134 Å². The number of para-hydroxylation sites is 1. The summed E-state index contributed by atoms with van der Waals surface area (Å²) < 4.78 is 5.79. The normalized spacial score (nSPS) is 10.4. The molecular weight excluding hydrogens is 2370 g/mol. The van der Waals surface area contributed by atoms with E-state index < -0.39 is 0 Å². The summed E-state index contributed by atoms with van der Waals surface area (Å²) >= 11 is 0. The van der Waals surface area contributed by atoms with Crippen LogP contribution in [-0.2, 0) is 91.6 Å². The van der Waals surface area contributed by atoms with Gasteiger partial charge in [0, 0.05) is 153 Å². The number of fused-ring (bicyclic) bond motifs is 4. The summed E-state index contributed by atoms with van der Waals surface area (Å²) in [5.41, 5.74) is 31.6. The predicted octanol–water partition coefficient (Wildman–Crippen LogP) is 30.7. The number of hydrogen-bond donors (Lipinski definition) is 1. The molecule has 11 aromatic carbocycles. The van der Waals surface area contributed by atoms with Gasteiger partial charge < -0.3 is 39.4 Å². The Kier molecular flexibility index (Phi) is 44.6. The van der Waals surface area contributed by atoms with Gasteiger partial charge in [-0.15, -0.1) is 238 Å². The van der Waals surface area contributed by atoms with Crippen molar-refractivity contribution in [2.24, 2.45) is 17.8 Å². The molecule has 690 valence electrons. The molecule has 0 fully saturated rings. The number of ketones is 1. The predicted molar refractivity (Wildman–Crippen MR) is 542 cm³/mol. The molecule has 14 heteroatoms. The minimum Gasteiger partial charge on any atom is -0.512 e. The van der Waals surface area contributed by atoms with Crippen molar-refractivity contribution in [2.75, 3.05) is 0 Å². The maximum atomic E-state index is 11.2. The fourth-order valence-corrected chi connectivity index (χ4v) is 14.3. The summed E-state index contributed by atoms with van der Waals surface area (Å²) in [7, 11) is 0. The second-order valence-electron chi connectivity index (χ2n) is 33.4. The average molecular weight is 2480 g/mol. The Bertz CT molecular complexity index is 6690. The Morgan fingerprint density at radius 1 is 0.341 bits per heavy atom. The van der Waals surface area contributed by atoms with E-state index in [9.17, 15) is 9.90 Å². The van der Waals surface area contributed by atoms with E-state index in [2.05, 4.69) is 242 Å². The first-order valence-electron chi connectivity index (χ1n) is 44.4. The third-order valence-electron chi connectivity index (χ3n) is 20.7. The maximum absolute atomic E-state index is 11.2. The number of allylic oxidation sites excluding steroid dienone is 2. The number of nitrogens with zero attached hydrogens (tertiary/aromatic N) is 7. The van der Waals surface area contributed by atoms with Gasteiger partial charge in [-0.2, -0.15) is 0 Å². The number of carbonyl (C=O) groups is 1. The first kappa shape index (κ1) is 108. The molecule has 135 heavy (non-hydrogen) atoms. The number of aryl methyl sites for hydroxylation is 7. The van der Waals surface area contributed by atoms with Gasteiger partial charge in [0.1, 0.15) is 5.58 Å². The van der Waals surface area contributed by atoms with E-state index >= 15 is 0 Å². The summed E-state index contributed by atoms with van der Waals surface area (Å²) in [6.45, 7) is 27.1. The van der Waals surface area contributed by atoms with Crippen LogP contribution in [0, 0.1) is 109 Å². The number of carbonyl (C=O) groups excluding carboxylic acids is 1. The molecule has 0 spiro atoms. The average Bonchev–Trinajstić information content (AvgIpc) is 1.68. The molecule has 0 aliphatic carbocycles. The molecule has 19 rings (SSSR count). The van der Waals surface area contributed by atoms with Crippen LogP contribution in [0.4, 0.5) is 0 Å². The quantitative estimate of drug-likeness (QED) is 0.0565. The first-order chi connectivity index (χ1) is 63.6. The maximum Gasteiger partial charge on any atom is 0.159 e. The van der Waals surface area contributed by atoms with Crippen molar-refractivity contribution in [2.45, 2.75) is 109 Å². The molecule has 0 amide bonds. The van der Waals surface area contributed by atoms with Crippen LogP contribution < -0.4 is 0 Å². The Labute approximate surface area is 852 Å². The van der Waals surface area contributed by atoms with Gasteiger partial charge in [0.25, 0.3) is 0 Å². The van der Waals surface area contributed by atoms with Gasteiger partial charge in [-0.3, -0.25) is 9.78 Å². The van der Waals surface area contributed by atoms with Crippen molar-refractivity contribution in [3.63, 3.8) is 0 Å². The molecular formula is C121H110Ir4N7O3-7. The number of aliphatic hydroxyl groups is 1. The molecule has 8 aromatic heterocycles. The smallest absolute Gasteiger partial charge is 0.159 e. The molecule has 0 aliphatic heterocycles. The molecule has 1 N–H and O–H groups in total. The molecule has 0 bridgehead atoms. The fraction of sp³-hybridized carbons (Fsp3) is 0.157. The van der Waals surface area contributed by atoms with Crippen LogP contribution in [-0.4, -0.2) is 45.8 Å². The number of hydrogen-bond acceptors (Lipinski definition) is 10. The largest absolute Gasteiger partial charge is 0.512 e. The van der Waals surface area contributed by atoms with E-state index in [1.807, 2.05) is 279 Å². The Balaban J connectivity index is 0.000000190. The summed E-state index contributed by atoms with van der Waals surface area (Å²) in [6.07, 6.45) is 14.7. The second-order valence-corrected chi connectivity index (χ2v) is 33.4. The molecule has 19 aromatic rings. The van der Waals surface area contributed by atoms with Gasteiger partial charge in [-0.05, 0) is 168 Å². The van der Waals surface area contributed by atoms with E-state index in [1.165, 1.54) is 72.7 Å². The molecule has 4 radical (unpaired) electrons. The van der Waals surface area contributed by atoms with Crippen molar-refractivity contribution in [1.82, 2.24) is 34.9 Å². The van der Waals surface area contributed by atoms with E-state index in [-0.39, 0.29) is 92.0 Å². The SMILES string of the molecule is CC(C)CC(=O)C=C(O)CC(C)C.Cc1[c-]c(-c2ccc3c(CC(C)C)cccc3n2)cc(C)c1.Cc1cc(-c2[c-]cccc2)ncc1-c1ccccc1.Cc1ccc(-c2[c-]cccc2)nc1.Cc1ccc(-c2[c-]cccc2)nc1.Cc1ccc(-c2ccnc(-c3[c-]cccc3)c2)cc1.Cc1ccnc(-c2[c-]cccc2)c1.[Ir].[Ir].[Ir].[Ir].[c-]1cc2oc3ccccc3c2cc1-c1ccccn1. The van der Waals surface area contributed by atoms with Gasteiger partial charge in [0.15, 0.2) is 5.78 Å². The zero-order valence-corrected chi connectivity index (χ0v) is 87.9. The summed E-state index contributed by atoms with van der Waals surface area (Å²) in [5, 5.41) is 12.8. The molecule has 0 saturated carbocycles. The van der Waals surface area contributed by atoms with Gasteiger partial charge in [-0.25, -0.2) is 0 Å². The Morgan fingerprint density at radius 3 is 1.36 bits per heavy atom. The van der Waals surface area contributed by atoms with Crippen LogP contribution in [0.3, 0.4) is 0 Å². The zero-order valence-electron chi connectivity index (χ0n) is 78.3. The Hall–Kier alpha value is -12.7. The molecule has 0 unspecified atom stereocenters.